The molecule has 0 atom stereocenters. The first kappa shape index (κ1) is 13.5. The minimum absolute atomic E-state index is 0.128. The Morgan fingerprint density at radius 3 is 2.29 bits per heavy atom. The molecule has 0 aliphatic carbocycles. The van der Waals surface area contributed by atoms with Crippen molar-refractivity contribution in [1.82, 2.24) is 4.90 Å². The number of halogens is 1. The first-order valence-corrected chi connectivity index (χ1v) is 5.49. The molecule has 0 unspecified atom stereocenters. The van der Waals surface area contributed by atoms with Gasteiger partial charge >= 0.3 is 0 Å². The van der Waals surface area contributed by atoms with Gasteiger partial charge in [0.15, 0.2) is 11.6 Å². The number of Topliss-reactive ketones (excluding diaryl/α,β-unsaturated/α-hetero) is 2. The quantitative estimate of drug-likeness (QED) is 0.357. The summed E-state index contributed by atoms with van der Waals surface area (Å²) in [4.78, 5) is 25.2. The fourth-order valence-electron chi connectivity index (χ4n) is 1.36. The SMILES string of the molecule is CC(=O)/C(=C\N(C)C)C(=O)c1ccccc1Cl. The van der Waals surface area contributed by atoms with Crippen molar-refractivity contribution < 1.29 is 9.59 Å². The van der Waals surface area contributed by atoms with Crippen molar-refractivity contribution in [2.75, 3.05) is 14.1 Å². The van der Waals surface area contributed by atoms with Gasteiger partial charge in [0.05, 0.1) is 10.6 Å². The number of ketones is 2. The van der Waals surface area contributed by atoms with Crippen molar-refractivity contribution in [1.29, 1.82) is 0 Å². The van der Waals surface area contributed by atoms with E-state index < -0.39 is 0 Å². The maximum absolute atomic E-state index is 12.1. The summed E-state index contributed by atoms with van der Waals surface area (Å²) in [5.74, 6) is -0.625. The maximum atomic E-state index is 12.1. The van der Waals surface area contributed by atoms with Crippen LogP contribution in [0.25, 0.3) is 0 Å². The number of carbonyl (C=O) groups is 2. The smallest absolute Gasteiger partial charge is 0.199 e. The van der Waals surface area contributed by atoms with Crippen molar-refractivity contribution in [3.63, 3.8) is 0 Å². The van der Waals surface area contributed by atoms with Crippen molar-refractivity contribution in [3.05, 3.63) is 46.6 Å². The van der Waals surface area contributed by atoms with E-state index in [1.54, 1.807) is 43.3 Å². The van der Waals surface area contributed by atoms with Gasteiger partial charge in [-0.1, -0.05) is 23.7 Å². The van der Waals surface area contributed by atoms with Gasteiger partial charge in [-0.15, -0.1) is 0 Å². The van der Waals surface area contributed by atoms with Crippen LogP contribution in [0.4, 0.5) is 0 Å². The summed E-state index contributed by atoms with van der Waals surface area (Å²) in [6.07, 6.45) is 1.51. The summed E-state index contributed by atoms with van der Waals surface area (Å²) in [6, 6.07) is 6.69. The summed E-state index contributed by atoms with van der Waals surface area (Å²) in [6.45, 7) is 1.37. The highest BCUT2D eigenvalue weighted by Gasteiger charge is 2.18. The third kappa shape index (κ3) is 3.43. The molecule has 0 aliphatic heterocycles. The topological polar surface area (TPSA) is 37.4 Å². The molecule has 3 nitrogen and oxygen atoms in total. The van der Waals surface area contributed by atoms with E-state index in [9.17, 15) is 9.59 Å². The second kappa shape index (κ2) is 5.64. The fraction of sp³-hybridized carbons (Fsp3) is 0.231. The van der Waals surface area contributed by atoms with Gasteiger partial charge in [-0.2, -0.15) is 0 Å². The zero-order valence-electron chi connectivity index (χ0n) is 10.0. The van der Waals surface area contributed by atoms with Crippen LogP contribution >= 0.6 is 11.6 Å². The molecule has 0 heterocycles. The molecule has 0 amide bonds. The minimum Gasteiger partial charge on any atom is -0.383 e. The average molecular weight is 252 g/mol. The van der Waals surface area contributed by atoms with Gasteiger partial charge < -0.3 is 4.90 Å². The number of nitrogens with zero attached hydrogens (tertiary/aromatic N) is 1. The molecule has 4 heteroatoms. The zero-order valence-corrected chi connectivity index (χ0v) is 10.8. The summed E-state index contributed by atoms with van der Waals surface area (Å²) in [7, 11) is 3.51. The lowest BCUT2D eigenvalue weighted by atomic mass is 10.0. The van der Waals surface area contributed by atoms with Crippen molar-refractivity contribution in [2.45, 2.75) is 6.92 Å². The molecular weight excluding hydrogens is 238 g/mol. The number of carbonyl (C=O) groups excluding carboxylic acids is 2. The van der Waals surface area contributed by atoms with E-state index in [2.05, 4.69) is 0 Å². The van der Waals surface area contributed by atoms with Crippen LogP contribution in [-0.4, -0.2) is 30.6 Å². The lowest BCUT2D eigenvalue weighted by Crippen LogP contribution is -2.15. The number of hydrogen-bond acceptors (Lipinski definition) is 3. The summed E-state index contributed by atoms with van der Waals surface area (Å²) in [5.41, 5.74) is 0.473. The molecule has 1 aromatic rings. The molecular formula is C13H14ClNO2. The number of allylic oxidation sites excluding steroid dienone is 1. The van der Waals surface area contributed by atoms with E-state index in [4.69, 9.17) is 11.6 Å². The van der Waals surface area contributed by atoms with Gasteiger partial charge in [-0.25, -0.2) is 0 Å². The molecule has 17 heavy (non-hydrogen) atoms. The molecule has 1 aromatic carbocycles. The number of hydrogen-bond donors (Lipinski definition) is 0. The van der Waals surface area contributed by atoms with Crippen LogP contribution in [0.1, 0.15) is 17.3 Å². The van der Waals surface area contributed by atoms with Crippen molar-refractivity contribution >= 4 is 23.2 Å². The van der Waals surface area contributed by atoms with E-state index in [1.807, 2.05) is 0 Å². The van der Waals surface area contributed by atoms with E-state index in [-0.39, 0.29) is 17.1 Å². The van der Waals surface area contributed by atoms with Crippen molar-refractivity contribution in [3.8, 4) is 0 Å². The summed E-state index contributed by atoms with van der Waals surface area (Å²) in [5, 5.41) is 0.350. The first-order chi connectivity index (χ1) is 7.93. The zero-order chi connectivity index (χ0) is 13.0. The standard InChI is InChI=1S/C13H14ClNO2/c1-9(16)11(8-15(2)3)13(17)10-6-4-5-7-12(10)14/h4-8H,1-3H3/b11-8+. The first-order valence-electron chi connectivity index (χ1n) is 5.12. The molecule has 1 rings (SSSR count). The minimum atomic E-state index is -0.350. The van der Waals surface area contributed by atoms with Crippen molar-refractivity contribution in [2.24, 2.45) is 0 Å². The highest BCUT2D eigenvalue weighted by Crippen LogP contribution is 2.19. The van der Waals surface area contributed by atoms with Crippen LogP contribution in [0.3, 0.4) is 0 Å². The third-order valence-electron chi connectivity index (χ3n) is 2.13. The Hall–Kier alpha value is -1.61. The van der Waals surface area contributed by atoms with Crippen LogP contribution < -0.4 is 0 Å². The molecule has 0 radical (unpaired) electrons. The predicted molar refractivity (Wildman–Crippen MR) is 68.2 cm³/mol. The summed E-state index contributed by atoms with van der Waals surface area (Å²) >= 11 is 5.93. The molecule has 0 saturated heterocycles. The predicted octanol–water partition coefficient (Wildman–Crippen LogP) is 2.56. The van der Waals surface area contributed by atoms with Crippen LogP contribution in [0.5, 0.6) is 0 Å². The molecule has 0 fully saturated rings. The van der Waals surface area contributed by atoms with Gasteiger partial charge in [0, 0.05) is 25.9 Å². The van der Waals surface area contributed by atoms with E-state index in [1.165, 1.54) is 13.1 Å². The second-order valence-electron chi connectivity index (χ2n) is 3.87. The van der Waals surface area contributed by atoms with Gasteiger partial charge in [0.25, 0.3) is 0 Å². The van der Waals surface area contributed by atoms with Crippen LogP contribution in [0.2, 0.25) is 5.02 Å². The Balaban J connectivity index is 3.19. The largest absolute Gasteiger partial charge is 0.383 e. The maximum Gasteiger partial charge on any atom is 0.199 e. The van der Waals surface area contributed by atoms with Crippen LogP contribution in [-0.2, 0) is 4.79 Å². The molecule has 0 saturated carbocycles. The molecule has 0 aliphatic rings. The lowest BCUT2D eigenvalue weighted by molar-refractivity contribution is -0.113. The third-order valence-corrected chi connectivity index (χ3v) is 2.46. The molecule has 90 valence electrons. The highest BCUT2D eigenvalue weighted by atomic mass is 35.5. The molecule has 0 aromatic heterocycles. The normalized spacial score (nSPS) is 11.2. The van der Waals surface area contributed by atoms with Crippen LogP contribution in [0.15, 0.2) is 36.0 Å². The average Bonchev–Trinajstić information content (AvgIpc) is 2.25. The van der Waals surface area contributed by atoms with Gasteiger partial charge in [-0.05, 0) is 19.1 Å². The van der Waals surface area contributed by atoms with E-state index in [0.29, 0.717) is 10.6 Å². The molecule has 0 N–H and O–H groups in total. The number of rotatable bonds is 4. The molecule has 0 spiro atoms. The Labute approximate surface area is 106 Å². The monoisotopic (exact) mass is 251 g/mol. The van der Waals surface area contributed by atoms with Gasteiger partial charge in [0.1, 0.15) is 0 Å². The Morgan fingerprint density at radius 2 is 1.82 bits per heavy atom. The van der Waals surface area contributed by atoms with Crippen LogP contribution in [0, 0.1) is 0 Å². The fourth-order valence-corrected chi connectivity index (χ4v) is 1.58. The number of benzene rings is 1. The van der Waals surface area contributed by atoms with Gasteiger partial charge in [-0.3, -0.25) is 9.59 Å². The Kier molecular flexibility index (Phi) is 4.46. The molecule has 0 bridgehead atoms. The highest BCUT2D eigenvalue weighted by molar-refractivity contribution is 6.37. The Morgan fingerprint density at radius 1 is 1.24 bits per heavy atom. The summed E-state index contributed by atoms with van der Waals surface area (Å²) < 4.78 is 0. The second-order valence-corrected chi connectivity index (χ2v) is 4.28. The van der Waals surface area contributed by atoms with Gasteiger partial charge in [0.2, 0.25) is 0 Å². The van der Waals surface area contributed by atoms with E-state index >= 15 is 0 Å². The van der Waals surface area contributed by atoms with E-state index in [0.717, 1.165) is 0 Å². The Bertz CT molecular complexity index is 478. The lowest BCUT2D eigenvalue weighted by Gasteiger charge is -2.09.